The van der Waals surface area contributed by atoms with E-state index < -0.39 is 22.4 Å². The van der Waals surface area contributed by atoms with Gasteiger partial charge in [0, 0.05) is 6.07 Å². The predicted octanol–water partition coefficient (Wildman–Crippen LogP) is 3.07. The summed E-state index contributed by atoms with van der Waals surface area (Å²) in [5.41, 5.74) is -0.0285. The van der Waals surface area contributed by atoms with Crippen LogP contribution in [-0.2, 0) is 11.3 Å². The predicted molar refractivity (Wildman–Crippen MR) is 80.5 cm³/mol. The minimum Gasteiger partial charge on any atom is -0.465 e. The lowest BCUT2D eigenvalue weighted by Gasteiger charge is -2.15. The number of carbonyl (C=O) groups excluding carboxylic acids is 1. The van der Waals surface area contributed by atoms with Gasteiger partial charge in [0.05, 0.1) is 24.3 Å². The second-order valence-electron chi connectivity index (χ2n) is 4.35. The van der Waals surface area contributed by atoms with Crippen molar-refractivity contribution in [1.29, 1.82) is 5.26 Å². The zero-order valence-electron chi connectivity index (χ0n) is 11.9. The lowest BCUT2D eigenvalue weighted by Crippen LogP contribution is -2.17. The van der Waals surface area contributed by atoms with Gasteiger partial charge in [-0.3, -0.25) is 15.0 Å². The van der Waals surface area contributed by atoms with Crippen LogP contribution in [0.1, 0.15) is 15.2 Å². The summed E-state index contributed by atoms with van der Waals surface area (Å²) in [7, 11) is 1.25. The Morgan fingerprint density at radius 3 is 2.87 bits per heavy atom. The molecule has 2 rings (SSSR count). The number of rotatable bonds is 5. The van der Waals surface area contributed by atoms with Crippen molar-refractivity contribution in [3.05, 3.63) is 56.0 Å². The maximum Gasteiger partial charge on any atom is 0.348 e. The number of hydrogen-bond donors (Lipinski definition) is 0. The SMILES string of the molecule is COC(=O)c1sccc1CN(C#N)c1ccc(F)c([N+](=O)[O-])c1. The summed E-state index contributed by atoms with van der Waals surface area (Å²) in [4.78, 5) is 23.0. The Balaban J connectivity index is 2.34. The number of anilines is 1. The summed E-state index contributed by atoms with van der Waals surface area (Å²) in [6, 6.07) is 4.81. The van der Waals surface area contributed by atoms with Gasteiger partial charge in [0.25, 0.3) is 0 Å². The Morgan fingerprint density at radius 2 is 2.26 bits per heavy atom. The number of nitrogens with zero attached hydrogens (tertiary/aromatic N) is 3. The standard InChI is InChI=1S/C14H10FN3O4S/c1-22-14(19)13-9(4-5-23-13)7-17(8-16)10-2-3-11(15)12(6-10)18(20)21/h2-6H,7H2,1H3. The number of ether oxygens (including phenoxy) is 1. The first-order valence-electron chi connectivity index (χ1n) is 6.23. The van der Waals surface area contributed by atoms with Gasteiger partial charge in [-0.25, -0.2) is 4.79 Å². The molecule has 0 bridgehead atoms. The highest BCUT2D eigenvalue weighted by Gasteiger charge is 2.20. The Morgan fingerprint density at radius 1 is 1.52 bits per heavy atom. The first-order valence-corrected chi connectivity index (χ1v) is 7.11. The summed E-state index contributed by atoms with van der Waals surface area (Å²) in [5.74, 6) is -1.51. The minimum atomic E-state index is -0.984. The first kappa shape index (κ1) is 16.4. The lowest BCUT2D eigenvalue weighted by atomic mass is 10.2. The summed E-state index contributed by atoms with van der Waals surface area (Å²) < 4.78 is 18.0. The van der Waals surface area contributed by atoms with Crippen LogP contribution in [-0.4, -0.2) is 18.0 Å². The molecule has 0 saturated carbocycles. The summed E-state index contributed by atoms with van der Waals surface area (Å²) in [6.45, 7) is 0.00716. The van der Waals surface area contributed by atoms with Crippen LogP contribution in [0.3, 0.4) is 0 Å². The van der Waals surface area contributed by atoms with E-state index in [1.807, 2.05) is 6.19 Å². The molecule has 0 atom stereocenters. The molecule has 0 aliphatic heterocycles. The van der Waals surface area contributed by atoms with Crippen LogP contribution in [0.4, 0.5) is 15.8 Å². The van der Waals surface area contributed by atoms with Gasteiger partial charge < -0.3 is 4.74 Å². The van der Waals surface area contributed by atoms with Gasteiger partial charge in [-0.2, -0.15) is 9.65 Å². The third-order valence-electron chi connectivity index (χ3n) is 3.00. The van der Waals surface area contributed by atoms with Crippen molar-refractivity contribution in [1.82, 2.24) is 0 Å². The monoisotopic (exact) mass is 335 g/mol. The van der Waals surface area contributed by atoms with E-state index in [-0.39, 0.29) is 12.2 Å². The Labute approximate surface area is 134 Å². The van der Waals surface area contributed by atoms with Gasteiger partial charge in [0.2, 0.25) is 5.82 Å². The summed E-state index contributed by atoms with van der Waals surface area (Å²) in [6.07, 6.45) is 1.87. The van der Waals surface area contributed by atoms with E-state index in [0.29, 0.717) is 10.4 Å². The van der Waals surface area contributed by atoms with Crippen molar-refractivity contribution in [2.24, 2.45) is 0 Å². The lowest BCUT2D eigenvalue weighted by molar-refractivity contribution is -0.387. The number of nitro benzene ring substituents is 1. The van der Waals surface area contributed by atoms with E-state index >= 15 is 0 Å². The smallest absolute Gasteiger partial charge is 0.348 e. The molecule has 0 aliphatic carbocycles. The van der Waals surface area contributed by atoms with Gasteiger partial charge in [0.15, 0.2) is 6.19 Å². The van der Waals surface area contributed by atoms with Crippen molar-refractivity contribution in [2.75, 3.05) is 12.0 Å². The summed E-state index contributed by atoms with van der Waals surface area (Å²) >= 11 is 1.16. The molecule has 2 aromatic rings. The molecular weight excluding hydrogens is 325 g/mol. The number of nitriles is 1. The fourth-order valence-corrected chi connectivity index (χ4v) is 2.73. The second-order valence-corrected chi connectivity index (χ2v) is 5.26. The Kier molecular flexibility index (Phi) is 4.88. The number of halogens is 1. The number of thiophene rings is 1. The third-order valence-corrected chi connectivity index (χ3v) is 3.94. The van der Waals surface area contributed by atoms with E-state index in [1.54, 1.807) is 11.4 Å². The highest BCUT2D eigenvalue weighted by Crippen LogP contribution is 2.27. The Hall–Kier alpha value is -2.99. The molecule has 0 aliphatic rings. The second kappa shape index (κ2) is 6.85. The number of carbonyl (C=O) groups is 1. The number of benzene rings is 1. The van der Waals surface area contributed by atoms with E-state index in [4.69, 9.17) is 0 Å². The van der Waals surface area contributed by atoms with Crippen molar-refractivity contribution in [2.45, 2.75) is 6.54 Å². The molecule has 0 unspecified atom stereocenters. The molecule has 23 heavy (non-hydrogen) atoms. The first-order chi connectivity index (χ1) is 11.0. The molecule has 7 nitrogen and oxygen atoms in total. The number of hydrogen-bond acceptors (Lipinski definition) is 7. The van der Waals surface area contributed by atoms with E-state index in [9.17, 15) is 24.6 Å². The van der Waals surface area contributed by atoms with Crippen LogP contribution in [0.5, 0.6) is 0 Å². The van der Waals surface area contributed by atoms with Crippen LogP contribution < -0.4 is 4.90 Å². The average molecular weight is 335 g/mol. The average Bonchev–Trinajstić information content (AvgIpc) is 3.00. The molecule has 0 N–H and O–H groups in total. The highest BCUT2D eigenvalue weighted by atomic mass is 32.1. The van der Waals surface area contributed by atoms with E-state index in [0.717, 1.165) is 28.4 Å². The molecule has 1 aromatic heterocycles. The van der Waals surface area contributed by atoms with Crippen LogP contribution in [0.2, 0.25) is 0 Å². The van der Waals surface area contributed by atoms with Crippen LogP contribution in [0.25, 0.3) is 0 Å². The van der Waals surface area contributed by atoms with Crippen LogP contribution >= 0.6 is 11.3 Å². The minimum absolute atomic E-state index is 0.00716. The van der Waals surface area contributed by atoms with Crippen molar-refractivity contribution < 1.29 is 18.8 Å². The quantitative estimate of drug-likeness (QED) is 0.274. The van der Waals surface area contributed by atoms with Crippen molar-refractivity contribution in [3.8, 4) is 6.19 Å². The molecule has 0 spiro atoms. The number of methoxy groups -OCH3 is 1. The highest BCUT2D eigenvalue weighted by molar-refractivity contribution is 7.12. The fourth-order valence-electron chi connectivity index (χ4n) is 1.90. The maximum absolute atomic E-state index is 13.4. The third kappa shape index (κ3) is 3.44. The molecule has 0 fully saturated rings. The van der Waals surface area contributed by atoms with Gasteiger partial charge in [0.1, 0.15) is 4.88 Å². The molecule has 118 valence electrons. The molecule has 9 heteroatoms. The van der Waals surface area contributed by atoms with Gasteiger partial charge in [-0.15, -0.1) is 11.3 Å². The Bertz CT molecular complexity index is 800. The van der Waals surface area contributed by atoms with E-state index in [1.165, 1.54) is 13.2 Å². The fraction of sp³-hybridized carbons (Fsp3) is 0.143. The van der Waals surface area contributed by atoms with Crippen LogP contribution in [0.15, 0.2) is 29.6 Å². The van der Waals surface area contributed by atoms with Crippen molar-refractivity contribution >= 4 is 28.7 Å². The van der Waals surface area contributed by atoms with Crippen molar-refractivity contribution in [3.63, 3.8) is 0 Å². The maximum atomic E-state index is 13.4. The number of nitro groups is 1. The van der Waals surface area contributed by atoms with Gasteiger partial charge >= 0.3 is 11.7 Å². The zero-order chi connectivity index (χ0) is 17.0. The van der Waals surface area contributed by atoms with Gasteiger partial charge in [-0.1, -0.05) is 0 Å². The molecule has 1 aromatic carbocycles. The zero-order valence-corrected chi connectivity index (χ0v) is 12.7. The molecule has 0 radical (unpaired) electrons. The van der Waals surface area contributed by atoms with Crippen LogP contribution in [0, 0.1) is 27.4 Å². The molecule has 0 saturated heterocycles. The van der Waals surface area contributed by atoms with E-state index in [2.05, 4.69) is 4.74 Å². The summed E-state index contributed by atoms with van der Waals surface area (Å²) in [5, 5.41) is 21.7. The topological polar surface area (TPSA) is 96.5 Å². The normalized spacial score (nSPS) is 9.96. The molecular formula is C14H10FN3O4S. The largest absolute Gasteiger partial charge is 0.465 e. The molecule has 1 heterocycles. The number of esters is 1. The molecule has 0 amide bonds. The van der Waals surface area contributed by atoms with Gasteiger partial charge in [-0.05, 0) is 29.1 Å².